The van der Waals surface area contributed by atoms with Gasteiger partial charge in [0.05, 0.1) is 12.2 Å². The summed E-state index contributed by atoms with van der Waals surface area (Å²) >= 11 is 17.1. The summed E-state index contributed by atoms with van der Waals surface area (Å²) in [6.07, 6.45) is 4.42. The highest BCUT2D eigenvalue weighted by atomic mass is 35.5. The van der Waals surface area contributed by atoms with Crippen LogP contribution in [-0.4, -0.2) is 17.6 Å². The average molecular weight is 425 g/mol. The highest BCUT2D eigenvalue weighted by Crippen LogP contribution is 2.22. The first-order valence-corrected chi connectivity index (χ1v) is 9.96. The monoisotopic (exact) mass is 424 g/mol. The van der Waals surface area contributed by atoms with Gasteiger partial charge in [0, 0.05) is 15.7 Å². The number of halogens is 2. The number of thiocarbonyl (C=S) groups is 1. The van der Waals surface area contributed by atoms with Gasteiger partial charge in [-0.25, -0.2) is 0 Å². The average Bonchev–Trinajstić information content (AvgIpc) is 2.60. The topological polar surface area (TPSA) is 50.4 Å². The van der Waals surface area contributed by atoms with Crippen molar-refractivity contribution < 1.29 is 9.53 Å². The van der Waals surface area contributed by atoms with E-state index in [2.05, 4.69) is 17.6 Å². The lowest BCUT2D eigenvalue weighted by atomic mass is 10.2. The minimum atomic E-state index is -0.343. The van der Waals surface area contributed by atoms with Gasteiger partial charge in [0.15, 0.2) is 5.11 Å². The molecule has 0 saturated heterocycles. The molecule has 2 rings (SSSR count). The van der Waals surface area contributed by atoms with E-state index in [0.717, 1.165) is 12.8 Å². The zero-order valence-corrected chi connectivity index (χ0v) is 17.4. The van der Waals surface area contributed by atoms with Crippen molar-refractivity contribution in [3.8, 4) is 5.75 Å². The first kappa shape index (κ1) is 21.5. The number of rotatable bonds is 8. The van der Waals surface area contributed by atoms with Crippen LogP contribution in [0.25, 0.3) is 0 Å². The Kier molecular flexibility index (Phi) is 8.85. The van der Waals surface area contributed by atoms with Gasteiger partial charge in [0.2, 0.25) is 0 Å². The zero-order chi connectivity index (χ0) is 19.6. The molecule has 0 bridgehead atoms. The van der Waals surface area contributed by atoms with Gasteiger partial charge in [0.1, 0.15) is 5.75 Å². The fourth-order valence-corrected chi connectivity index (χ4v) is 3.19. The van der Waals surface area contributed by atoms with Crippen LogP contribution in [0.2, 0.25) is 10.0 Å². The number of hydrogen-bond donors (Lipinski definition) is 2. The van der Waals surface area contributed by atoms with E-state index in [-0.39, 0.29) is 11.0 Å². The normalized spacial score (nSPS) is 10.3. The molecule has 0 aromatic heterocycles. The van der Waals surface area contributed by atoms with Crippen LogP contribution >= 0.6 is 35.4 Å². The van der Waals surface area contributed by atoms with Gasteiger partial charge in [-0.05, 0) is 49.0 Å². The van der Waals surface area contributed by atoms with E-state index in [9.17, 15) is 4.79 Å². The molecule has 2 aromatic rings. The second kappa shape index (κ2) is 11.1. The number of carbonyl (C=O) groups is 1. The number of carbonyl (C=O) groups excluding carboxylic acids is 1. The van der Waals surface area contributed by atoms with Crippen LogP contribution in [0.3, 0.4) is 0 Å². The van der Waals surface area contributed by atoms with Gasteiger partial charge in [-0.15, -0.1) is 0 Å². The minimum Gasteiger partial charge on any atom is -0.493 e. The highest BCUT2D eigenvalue weighted by molar-refractivity contribution is 7.80. The molecule has 0 unspecified atom stereocenters. The van der Waals surface area contributed by atoms with Gasteiger partial charge in [-0.2, -0.15) is 0 Å². The Bertz CT molecular complexity index is 779. The van der Waals surface area contributed by atoms with E-state index in [4.69, 9.17) is 40.2 Å². The lowest BCUT2D eigenvalue weighted by Gasteiger charge is -2.13. The Morgan fingerprint density at radius 2 is 1.78 bits per heavy atom. The van der Waals surface area contributed by atoms with E-state index in [0.29, 0.717) is 33.7 Å². The molecular formula is C20H22Cl2N2O2S. The Hall–Kier alpha value is -1.82. The third-order valence-electron chi connectivity index (χ3n) is 3.73. The van der Waals surface area contributed by atoms with Gasteiger partial charge >= 0.3 is 0 Å². The number of unbranched alkanes of at least 4 members (excludes halogenated alkanes) is 3. The Balaban J connectivity index is 1.95. The van der Waals surface area contributed by atoms with Crippen molar-refractivity contribution in [1.82, 2.24) is 5.32 Å². The van der Waals surface area contributed by atoms with Crippen molar-refractivity contribution in [2.45, 2.75) is 32.6 Å². The van der Waals surface area contributed by atoms with E-state index in [1.807, 2.05) is 6.07 Å². The second-order valence-corrected chi connectivity index (χ2v) is 7.25. The van der Waals surface area contributed by atoms with Crippen molar-refractivity contribution in [1.29, 1.82) is 0 Å². The molecule has 2 aromatic carbocycles. The summed E-state index contributed by atoms with van der Waals surface area (Å²) in [6, 6.07) is 12.1. The molecule has 7 heteroatoms. The third kappa shape index (κ3) is 7.37. The smallest absolute Gasteiger partial charge is 0.261 e. The summed E-state index contributed by atoms with van der Waals surface area (Å²) in [5.74, 6) is 0.199. The fourth-order valence-electron chi connectivity index (χ4n) is 2.45. The van der Waals surface area contributed by atoms with Crippen LogP contribution in [0.5, 0.6) is 5.75 Å². The largest absolute Gasteiger partial charge is 0.493 e. The summed E-state index contributed by atoms with van der Waals surface area (Å²) in [5.41, 5.74) is 1.03. The maximum Gasteiger partial charge on any atom is 0.261 e. The van der Waals surface area contributed by atoms with Crippen LogP contribution in [0.1, 0.15) is 43.0 Å². The maximum atomic E-state index is 12.6. The molecule has 0 fully saturated rings. The van der Waals surface area contributed by atoms with Crippen molar-refractivity contribution in [2.75, 3.05) is 11.9 Å². The van der Waals surface area contributed by atoms with Crippen molar-refractivity contribution in [2.24, 2.45) is 0 Å². The molecule has 2 N–H and O–H groups in total. The van der Waals surface area contributed by atoms with Crippen LogP contribution in [0, 0.1) is 0 Å². The molecule has 0 saturated carbocycles. The molecule has 0 aliphatic carbocycles. The standard InChI is InChI=1S/C20H22Cl2N2O2S/c1-2-3-4-7-10-26-18-9-6-5-8-17(18)19(25)24-20(27)23-16-12-14(21)11-15(22)13-16/h5-6,8-9,11-13H,2-4,7,10H2,1H3,(H2,23,24,25,27). The summed E-state index contributed by atoms with van der Waals surface area (Å²) in [5, 5.41) is 6.65. The van der Waals surface area contributed by atoms with E-state index in [1.54, 1.807) is 36.4 Å². The lowest BCUT2D eigenvalue weighted by Crippen LogP contribution is -2.34. The van der Waals surface area contributed by atoms with Crippen LogP contribution in [0.4, 0.5) is 5.69 Å². The molecule has 0 atom stereocenters. The van der Waals surface area contributed by atoms with Gasteiger partial charge in [0.25, 0.3) is 5.91 Å². The van der Waals surface area contributed by atoms with Crippen molar-refractivity contribution in [3.05, 3.63) is 58.1 Å². The quantitative estimate of drug-likeness (QED) is 0.398. The number of benzene rings is 2. The number of anilines is 1. The molecule has 27 heavy (non-hydrogen) atoms. The van der Waals surface area contributed by atoms with Gasteiger partial charge < -0.3 is 10.1 Å². The van der Waals surface area contributed by atoms with Gasteiger partial charge in [-0.3, -0.25) is 10.1 Å². The predicted molar refractivity (Wildman–Crippen MR) is 116 cm³/mol. The van der Waals surface area contributed by atoms with Crippen LogP contribution in [0.15, 0.2) is 42.5 Å². The van der Waals surface area contributed by atoms with E-state index >= 15 is 0 Å². The van der Waals surface area contributed by atoms with Crippen LogP contribution < -0.4 is 15.4 Å². The number of hydrogen-bond acceptors (Lipinski definition) is 3. The molecule has 0 aliphatic heterocycles. The molecule has 0 spiro atoms. The number of ether oxygens (including phenoxy) is 1. The molecule has 1 amide bonds. The van der Waals surface area contributed by atoms with Crippen LogP contribution in [-0.2, 0) is 0 Å². The molecule has 4 nitrogen and oxygen atoms in total. The number of amides is 1. The molecule has 0 aliphatic rings. The Morgan fingerprint density at radius 3 is 2.48 bits per heavy atom. The molecule has 0 heterocycles. The number of nitrogens with one attached hydrogen (secondary N) is 2. The predicted octanol–water partition coefficient (Wildman–Crippen LogP) is 6.08. The summed E-state index contributed by atoms with van der Waals surface area (Å²) in [7, 11) is 0. The Labute approximate surface area is 175 Å². The summed E-state index contributed by atoms with van der Waals surface area (Å²) < 4.78 is 5.78. The van der Waals surface area contributed by atoms with E-state index < -0.39 is 0 Å². The first-order chi connectivity index (χ1) is 13.0. The zero-order valence-electron chi connectivity index (χ0n) is 15.1. The third-order valence-corrected chi connectivity index (χ3v) is 4.38. The minimum absolute atomic E-state index is 0.149. The SMILES string of the molecule is CCCCCCOc1ccccc1C(=O)NC(=S)Nc1cc(Cl)cc(Cl)c1. The van der Waals surface area contributed by atoms with Crippen molar-refractivity contribution in [3.63, 3.8) is 0 Å². The summed E-state index contributed by atoms with van der Waals surface area (Å²) in [4.78, 5) is 12.6. The highest BCUT2D eigenvalue weighted by Gasteiger charge is 2.14. The summed E-state index contributed by atoms with van der Waals surface area (Å²) in [6.45, 7) is 2.74. The fraction of sp³-hybridized carbons (Fsp3) is 0.300. The van der Waals surface area contributed by atoms with E-state index in [1.165, 1.54) is 12.8 Å². The molecular weight excluding hydrogens is 403 g/mol. The second-order valence-electron chi connectivity index (χ2n) is 5.97. The molecule has 0 radical (unpaired) electrons. The lowest BCUT2D eigenvalue weighted by molar-refractivity contribution is 0.0973. The Morgan fingerprint density at radius 1 is 1.07 bits per heavy atom. The first-order valence-electron chi connectivity index (χ1n) is 8.80. The van der Waals surface area contributed by atoms with Crippen molar-refractivity contribution >= 4 is 52.1 Å². The maximum absolute atomic E-state index is 12.6. The molecule has 144 valence electrons. The van der Waals surface area contributed by atoms with Gasteiger partial charge in [-0.1, -0.05) is 61.5 Å². The number of para-hydroxylation sites is 1.